The number of rotatable bonds is 8. The van der Waals surface area contributed by atoms with Crippen molar-refractivity contribution < 1.29 is 24.2 Å². The van der Waals surface area contributed by atoms with Crippen molar-refractivity contribution in [2.75, 3.05) is 6.61 Å². The Labute approximate surface area is 205 Å². The Bertz CT molecular complexity index is 1030. The third kappa shape index (κ3) is 5.32. The number of Topliss-reactive ketones (excluding diaryl/α,β-unsaturated/α-hetero) is 1. The van der Waals surface area contributed by atoms with Crippen molar-refractivity contribution in [1.82, 2.24) is 10.6 Å². The predicted octanol–water partition coefficient (Wildman–Crippen LogP) is 2.64. The molecule has 0 radical (unpaired) electrons. The number of nitrogens with one attached hydrogen (secondary N) is 2. The number of carbonyl (C=O) groups is 3. The summed E-state index contributed by atoms with van der Waals surface area (Å²) in [4.78, 5) is 38.0. The van der Waals surface area contributed by atoms with Crippen molar-refractivity contribution in [3.63, 3.8) is 0 Å². The fourth-order valence-electron chi connectivity index (χ4n) is 5.02. The Morgan fingerprint density at radius 3 is 2.21 bits per heavy atom. The molecule has 0 aromatic heterocycles. The van der Waals surface area contributed by atoms with E-state index in [0.29, 0.717) is 6.42 Å². The second-order valence-electron chi connectivity index (χ2n) is 8.85. The largest absolute Gasteiger partial charge is 0.480 e. The first-order chi connectivity index (χ1) is 15.9. The molecule has 3 N–H and O–H groups in total. The molecule has 0 fully saturated rings. The predicted molar refractivity (Wildman–Crippen MR) is 130 cm³/mol. The van der Waals surface area contributed by atoms with Gasteiger partial charge in [-0.1, -0.05) is 48.5 Å². The fourth-order valence-corrected chi connectivity index (χ4v) is 5.02. The van der Waals surface area contributed by atoms with Crippen LogP contribution in [0.5, 0.6) is 0 Å². The number of aliphatic carboxylic acids is 1. The summed E-state index contributed by atoms with van der Waals surface area (Å²) in [6, 6.07) is 12.6. The number of carbonyl (C=O) groups excluding carboxylic acids is 2. The molecule has 2 aromatic carbocycles. The zero-order valence-corrected chi connectivity index (χ0v) is 20.1. The van der Waals surface area contributed by atoms with E-state index in [-0.39, 0.29) is 36.7 Å². The van der Waals surface area contributed by atoms with Gasteiger partial charge >= 0.3 is 11.9 Å². The lowest BCUT2D eigenvalue weighted by Crippen LogP contribution is -2.55. The Kier molecular flexibility index (Phi) is 8.47. The third-order valence-electron chi connectivity index (χ3n) is 6.69. The van der Waals surface area contributed by atoms with Gasteiger partial charge in [-0.05, 0) is 61.3 Å². The number of carboxylic acids is 1. The standard InChI is InChI=1S/C26H30N2O5.ClH/c1-3-33-26(32)22(19-12-16-8-4-5-9-17(16)13-19)27-15(2)24(29)23-20-11-7-6-10-18(20)14-21(28-23)25(30)31;/h4-11,15,19,21-23,27-28H,3,12-14H2,1-2H3,(H,30,31);1H/t15-,21?,22?,23?;/m0./s1. The van der Waals surface area contributed by atoms with Gasteiger partial charge in [0.2, 0.25) is 0 Å². The van der Waals surface area contributed by atoms with E-state index in [1.807, 2.05) is 36.4 Å². The van der Waals surface area contributed by atoms with Crippen molar-refractivity contribution in [1.29, 1.82) is 0 Å². The van der Waals surface area contributed by atoms with E-state index in [1.165, 1.54) is 11.1 Å². The van der Waals surface area contributed by atoms with E-state index in [0.717, 1.165) is 24.0 Å². The third-order valence-corrected chi connectivity index (χ3v) is 6.69. The second kappa shape index (κ2) is 11.1. The minimum absolute atomic E-state index is 0. The number of halogens is 1. The molecule has 7 nitrogen and oxygen atoms in total. The average Bonchev–Trinajstić information content (AvgIpc) is 3.25. The maximum absolute atomic E-state index is 13.5. The summed E-state index contributed by atoms with van der Waals surface area (Å²) in [6.45, 7) is 3.75. The van der Waals surface area contributed by atoms with E-state index in [2.05, 4.69) is 22.8 Å². The summed E-state index contributed by atoms with van der Waals surface area (Å²) in [7, 11) is 0. The minimum Gasteiger partial charge on any atom is -0.480 e. The molecule has 0 amide bonds. The second-order valence-corrected chi connectivity index (χ2v) is 8.85. The van der Waals surface area contributed by atoms with Crippen LogP contribution in [0.4, 0.5) is 0 Å². The van der Waals surface area contributed by atoms with Crippen molar-refractivity contribution in [3.05, 3.63) is 70.8 Å². The fraction of sp³-hybridized carbons (Fsp3) is 0.423. The summed E-state index contributed by atoms with van der Waals surface area (Å²) < 4.78 is 5.34. The highest BCUT2D eigenvalue weighted by Gasteiger charge is 2.39. The number of hydrogen-bond donors (Lipinski definition) is 3. The number of benzene rings is 2. The molecule has 4 atom stereocenters. The van der Waals surface area contributed by atoms with Crippen LogP contribution in [0.2, 0.25) is 0 Å². The highest BCUT2D eigenvalue weighted by Crippen LogP contribution is 2.31. The Morgan fingerprint density at radius 1 is 1.03 bits per heavy atom. The quantitative estimate of drug-likeness (QED) is 0.493. The zero-order chi connectivity index (χ0) is 23.5. The van der Waals surface area contributed by atoms with Gasteiger partial charge in [-0.15, -0.1) is 12.4 Å². The van der Waals surface area contributed by atoms with Crippen molar-refractivity contribution >= 4 is 30.1 Å². The minimum atomic E-state index is -0.990. The molecular formula is C26H31ClN2O5. The number of ketones is 1. The molecule has 0 spiro atoms. The Hall–Kier alpha value is -2.74. The molecule has 1 heterocycles. The number of ether oxygens (including phenoxy) is 1. The summed E-state index contributed by atoms with van der Waals surface area (Å²) in [5.41, 5.74) is 4.06. The smallest absolute Gasteiger partial charge is 0.323 e. The van der Waals surface area contributed by atoms with Crippen molar-refractivity contribution in [3.8, 4) is 0 Å². The first kappa shape index (κ1) is 25.9. The molecule has 0 saturated heterocycles. The van der Waals surface area contributed by atoms with Crippen LogP contribution in [-0.4, -0.2) is 47.6 Å². The molecule has 2 aromatic rings. The van der Waals surface area contributed by atoms with Gasteiger partial charge < -0.3 is 9.84 Å². The average molecular weight is 487 g/mol. The zero-order valence-electron chi connectivity index (χ0n) is 19.3. The summed E-state index contributed by atoms with van der Waals surface area (Å²) in [5, 5.41) is 15.8. The van der Waals surface area contributed by atoms with Gasteiger partial charge in [0.15, 0.2) is 5.78 Å². The maximum Gasteiger partial charge on any atom is 0.323 e. The first-order valence-corrected chi connectivity index (χ1v) is 11.5. The van der Waals surface area contributed by atoms with Gasteiger partial charge in [0, 0.05) is 0 Å². The summed E-state index contributed by atoms with van der Waals surface area (Å²) >= 11 is 0. The molecule has 4 rings (SSSR count). The van der Waals surface area contributed by atoms with Crippen LogP contribution in [0, 0.1) is 5.92 Å². The van der Waals surface area contributed by atoms with E-state index < -0.39 is 30.1 Å². The molecule has 182 valence electrons. The van der Waals surface area contributed by atoms with Gasteiger partial charge in [0.25, 0.3) is 0 Å². The molecule has 0 saturated carbocycles. The van der Waals surface area contributed by atoms with Crippen LogP contribution in [0.15, 0.2) is 48.5 Å². The van der Waals surface area contributed by atoms with Gasteiger partial charge in [0.1, 0.15) is 12.1 Å². The number of esters is 1. The summed E-state index contributed by atoms with van der Waals surface area (Å²) in [6.07, 6.45) is 1.79. The van der Waals surface area contributed by atoms with Gasteiger partial charge in [-0.25, -0.2) is 0 Å². The van der Waals surface area contributed by atoms with E-state index >= 15 is 0 Å². The summed E-state index contributed by atoms with van der Waals surface area (Å²) in [5.74, 6) is -1.57. The Balaban J connectivity index is 0.00000324. The van der Waals surface area contributed by atoms with Gasteiger partial charge in [0.05, 0.1) is 18.7 Å². The number of carboxylic acid groups (broad SMARTS) is 1. The molecule has 0 bridgehead atoms. The van der Waals surface area contributed by atoms with Crippen LogP contribution in [0.1, 0.15) is 42.1 Å². The van der Waals surface area contributed by atoms with E-state index in [1.54, 1.807) is 13.8 Å². The van der Waals surface area contributed by atoms with Crippen molar-refractivity contribution in [2.24, 2.45) is 5.92 Å². The van der Waals surface area contributed by atoms with E-state index in [4.69, 9.17) is 4.74 Å². The lowest BCUT2D eigenvalue weighted by molar-refractivity contribution is -0.147. The molecule has 34 heavy (non-hydrogen) atoms. The molecular weight excluding hydrogens is 456 g/mol. The van der Waals surface area contributed by atoms with Gasteiger partial charge in [-0.2, -0.15) is 0 Å². The topological polar surface area (TPSA) is 105 Å². The van der Waals surface area contributed by atoms with E-state index in [9.17, 15) is 19.5 Å². The molecule has 3 unspecified atom stereocenters. The molecule has 1 aliphatic carbocycles. The highest BCUT2D eigenvalue weighted by molar-refractivity contribution is 5.92. The van der Waals surface area contributed by atoms with Crippen molar-refractivity contribution in [2.45, 2.75) is 57.3 Å². The van der Waals surface area contributed by atoms with Crippen LogP contribution in [-0.2, 0) is 38.4 Å². The molecule has 8 heteroatoms. The maximum atomic E-state index is 13.5. The SMILES string of the molecule is CCOC(=O)C(N[C@@H](C)C(=O)C1NC(C(=O)O)Cc2ccccc21)C1Cc2ccccc2C1.Cl. The number of fused-ring (bicyclic) bond motifs is 2. The highest BCUT2D eigenvalue weighted by atomic mass is 35.5. The number of hydrogen-bond acceptors (Lipinski definition) is 6. The van der Waals surface area contributed by atoms with Crippen LogP contribution in [0.3, 0.4) is 0 Å². The van der Waals surface area contributed by atoms with Crippen LogP contribution >= 0.6 is 12.4 Å². The van der Waals surface area contributed by atoms with Crippen LogP contribution < -0.4 is 10.6 Å². The molecule has 1 aliphatic heterocycles. The monoisotopic (exact) mass is 486 g/mol. The lowest BCUT2D eigenvalue weighted by Gasteiger charge is -2.33. The normalized spacial score (nSPS) is 20.9. The first-order valence-electron chi connectivity index (χ1n) is 11.5. The lowest BCUT2D eigenvalue weighted by atomic mass is 9.86. The van der Waals surface area contributed by atoms with Gasteiger partial charge in [-0.3, -0.25) is 25.0 Å². The Morgan fingerprint density at radius 2 is 1.62 bits per heavy atom. The molecule has 2 aliphatic rings. The van der Waals surface area contributed by atoms with Crippen LogP contribution in [0.25, 0.3) is 0 Å².